The Labute approximate surface area is 97.2 Å². The highest BCUT2D eigenvalue weighted by Crippen LogP contribution is 2.24. The number of amides is 1. The Morgan fingerprint density at radius 2 is 2.06 bits per heavy atom. The Morgan fingerprint density at radius 3 is 2.62 bits per heavy atom. The molecule has 6 heteroatoms. The van der Waals surface area contributed by atoms with Gasteiger partial charge in [0.15, 0.2) is 11.6 Å². The molecule has 16 heavy (non-hydrogen) atoms. The van der Waals surface area contributed by atoms with Crippen molar-refractivity contribution in [2.24, 2.45) is 0 Å². The van der Waals surface area contributed by atoms with Crippen molar-refractivity contribution < 1.29 is 18.3 Å². The fourth-order valence-corrected chi connectivity index (χ4v) is 1.48. The van der Waals surface area contributed by atoms with Crippen molar-refractivity contribution in [2.45, 2.75) is 13.0 Å². The summed E-state index contributed by atoms with van der Waals surface area (Å²) in [6.07, 6.45) is -0.611. The van der Waals surface area contributed by atoms with E-state index in [-0.39, 0.29) is 30.1 Å². The highest BCUT2D eigenvalue weighted by Gasteiger charge is 2.27. The summed E-state index contributed by atoms with van der Waals surface area (Å²) < 4.78 is 31.3. The summed E-state index contributed by atoms with van der Waals surface area (Å²) in [6, 6.07) is 2.32. The maximum Gasteiger partial charge on any atom is 0.407 e. The molecule has 0 aliphatic carbocycles. The molecule has 0 radical (unpaired) electrons. The molecule has 3 nitrogen and oxygen atoms in total. The summed E-state index contributed by atoms with van der Waals surface area (Å²) in [5, 5.41) is 2.39. The van der Waals surface area contributed by atoms with Crippen LogP contribution in [0, 0.1) is 18.6 Å². The van der Waals surface area contributed by atoms with E-state index in [2.05, 4.69) is 10.1 Å². The van der Waals surface area contributed by atoms with Gasteiger partial charge in [-0.2, -0.15) is 0 Å². The lowest BCUT2D eigenvalue weighted by molar-refractivity contribution is 0.176. The van der Waals surface area contributed by atoms with Crippen molar-refractivity contribution in [1.29, 1.82) is 0 Å². The van der Waals surface area contributed by atoms with E-state index in [4.69, 9.17) is 0 Å². The summed E-state index contributed by atoms with van der Waals surface area (Å²) in [5.74, 6) is -1.81. The number of carbonyl (C=O) groups is 1. The van der Waals surface area contributed by atoms with E-state index in [9.17, 15) is 13.6 Å². The van der Waals surface area contributed by atoms with E-state index >= 15 is 0 Å². The largest absolute Gasteiger partial charge is 0.447 e. The first kappa shape index (κ1) is 12.7. The number of alkyl carbamates (subject to hydrolysis) is 1. The van der Waals surface area contributed by atoms with Gasteiger partial charge in [-0.1, -0.05) is 12.1 Å². The maximum atomic E-state index is 13.5. The molecule has 1 aliphatic rings. The molecule has 0 saturated carbocycles. The molecule has 1 aromatic rings. The van der Waals surface area contributed by atoms with E-state index < -0.39 is 23.8 Å². The minimum Gasteiger partial charge on any atom is -0.447 e. The first-order valence-electron chi connectivity index (χ1n) is 4.47. The molecule has 0 spiro atoms. The number of nitrogens with one attached hydrogen (secondary N) is 1. The Balaban J connectivity index is 0.00000128. The molecule has 1 aromatic carbocycles. The molecule has 1 heterocycles. The Bertz CT molecular complexity index is 426. The lowest BCUT2D eigenvalue weighted by atomic mass is 10.0. The molecular formula is C10H10ClF2NO2. The molecular weight excluding hydrogens is 240 g/mol. The third-order valence-corrected chi connectivity index (χ3v) is 2.35. The van der Waals surface area contributed by atoms with Crippen LogP contribution < -0.4 is 5.32 Å². The van der Waals surface area contributed by atoms with Gasteiger partial charge in [0.2, 0.25) is 0 Å². The van der Waals surface area contributed by atoms with Crippen LogP contribution in [0.25, 0.3) is 0 Å². The van der Waals surface area contributed by atoms with Gasteiger partial charge in [-0.3, -0.25) is 0 Å². The van der Waals surface area contributed by atoms with Crippen molar-refractivity contribution in [2.75, 3.05) is 6.61 Å². The molecule has 1 saturated heterocycles. The average Bonchev–Trinajstić information content (AvgIpc) is 2.61. The summed E-state index contributed by atoms with van der Waals surface area (Å²) in [6.45, 7) is 1.50. The number of hydrogen-bond donors (Lipinski definition) is 1. The summed E-state index contributed by atoms with van der Waals surface area (Å²) in [5.41, 5.74) is 0.352. The van der Waals surface area contributed by atoms with Gasteiger partial charge in [0, 0.05) is 5.56 Å². The zero-order valence-corrected chi connectivity index (χ0v) is 9.24. The van der Waals surface area contributed by atoms with E-state index in [0.29, 0.717) is 0 Å². The Hall–Kier alpha value is -1.36. The van der Waals surface area contributed by atoms with Crippen LogP contribution in [-0.2, 0) is 4.74 Å². The number of ether oxygens (including phenoxy) is 1. The standard InChI is InChI=1S/C10H9F2NO2.ClH/c1-5-2-3-6(9(12)8(5)11)7-4-15-10(14)13-7;/h2-3,7H,4H2,1H3,(H,13,14);1H/t7-;/m1./s1. The topological polar surface area (TPSA) is 38.3 Å². The van der Waals surface area contributed by atoms with Gasteiger partial charge >= 0.3 is 6.09 Å². The monoisotopic (exact) mass is 249 g/mol. The van der Waals surface area contributed by atoms with Crippen molar-refractivity contribution >= 4 is 18.5 Å². The van der Waals surface area contributed by atoms with Crippen LogP contribution in [0.2, 0.25) is 0 Å². The SMILES string of the molecule is Cc1ccc([C@H]2COC(=O)N2)c(F)c1F.Cl. The quantitative estimate of drug-likeness (QED) is 0.830. The number of aryl methyl sites for hydroxylation is 1. The first-order valence-corrected chi connectivity index (χ1v) is 4.47. The third kappa shape index (κ3) is 2.09. The van der Waals surface area contributed by atoms with E-state index in [1.54, 1.807) is 0 Å². The third-order valence-electron chi connectivity index (χ3n) is 2.35. The van der Waals surface area contributed by atoms with Gasteiger partial charge in [-0.25, -0.2) is 13.6 Å². The number of hydrogen-bond acceptors (Lipinski definition) is 2. The second-order valence-electron chi connectivity index (χ2n) is 3.40. The van der Waals surface area contributed by atoms with E-state index in [1.807, 2.05) is 0 Å². The maximum absolute atomic E-state index is 13.5. The molecule has 0 aromatic heterocycles. The van der Waals surface area contributed by atoms with Crippen molar-refractivity contribution in [3.8, 4) is 0 Å². The molecule has 1 fully saturated rings. The minimum atomic E-state index is -0.925. The van der Waals surface area contributed by atoms with Gasteiger partial charge in [-0.05, 0) is 12.5 Å². The molecule has 1 amide bonds. The van der Waals surface area contributed by atoms with Crippen LogP contribution in [0.3, 0.4) is 0 Å². The zero-order chi connectivity index (χ0) is 11.0. The predicted octanol–water partition coefficient (Wildman–Crippen LogP) is 2.48. The Morgan fingerprint density at radius 1 is 1.38 bits per heavy atom. The van der Waals surface area contributed by atoms with Gasteiger partial charge in [-0.15, -0.1) is 12.4 Å². The van der Waals surface area contributed by atoms with Gasteiger partial charge in [0.1, 0.15) is 6.61 Å². The van der Waals surface area contributed by atoms with E-state index in [1.165, 1.54) is 19.1 Å². The lowest BCUT2D eigenvalue weighted by Gasteiger charge is -2.10. The number of rotatable bonds is 1. The number of cyclic esters (lactones) is 1. The van der Waals surface area contributed by atoms with Gasteiger partial charge in [0.05, 0.1) is 6.04 Å². The number of benzene rings is 1. The average molecular weight is 250 g/mol. The Kier molecular flexibility index (Phi) is 3.70. The van der Waals surface area contributed by atoms with Crippen LogP contribution in [0.15, 0.2) is 12.1 Å². The normalized spacial score (nSPS) is 18.7. The molecule has 88 valence electrons. The van der Waals surface area contributed by atoms with E-state index in [0.717, 1.165) is 0 Å². The molecule has 1 N–H and O–H groups in total. The van der Waals surface area contributed by atoms with Crippen molar-refractivity contribution in [3.63, 3.8) is 0 Å². The lowest BCUT2D eigenvalue weighted by Crippen LogP contribution is -2.19. The number of carbonyl (C=O) groups excluding carboxylic acids is 1. The van der Waals surface area contributed by atoms with Crippen LogP contribution in [0.1, 0.15) is 17.2 Å². The van der Waals surface area contributed by atoms with Crippen molar-refractivity contribution in [3.05, 3.63) is 34.9 Å². The molecule has 0 unspecified atom stereocenters. The molecule has 1 atom stereocenters. The first-order chi connectivity index (χ1) is 7.09. The predicted molar refractivity (Wildman–Crippen MR) is 55.6 cm³/mol. The summed E-state index contributed by atoms with van der Waals surface area (Å²) in [7, 11) is 0. The van der Waals surface area contributed by atoms with Crippen LogP contribution in [0.5, 0.6) is 0 Å². The minimum absolute atomic E-state index is 0. The molecule has 0 bridgehead atoms. The molecule has 2 rings (SSSR count). The molecule has 1 aliphatic heterocycles. The number of halogens is 3. The van der Waals surface area contributed by atoms with Crippen LogP contribution in [0.4, 0.5) is 13.6 Å². The van der Waals surface area contributed by atoms with Crippen molar-refractivity contribution in [1.82, 2.24) is 5.32 Å². The van der Waals surface area contributed by atoms with Crippen LogP contribution >= 0.6 is 12.4 Å². The second kappa shape index (κ2) is 4.65. The van der Waals surface area contributed by atoms with Gasteiger partial charge in [0.25, 0.3) is 0 Å². The summed E-state index contributed by atoms with van der Waals surface area (Å²) in [4.78, 5) is 10.7. The van der Waals surface area contributed by atoms with Gasteiger partial charge < -0.3 is 10.1 Å². The zero-order valence-electron chi connectivity index (χ0n) is 8.42. The smallest absolute Gasteiger partial charge is 0.407 e. The highest BCUT2D eigenvalue weighted by atomic mass is 35.5. The fourth-order valence-electron chi connectivity index (χ4n) is 1.48. The summed E-state index contributed by atoms with van der Waals surface area (Å²) >= 11 is 0. The fraction of sp³-hybridized carbons (Fsp3) is 0.300. The second-order valence-corrected chi connectivity index (χ2v) is 3.40. The highest BCUT2D eigenvalue weighted by molar-refractivity contribution is 5.85. The van der Waals surface area contributed by atoms with Crippen LogP contribution in [-0.4, -0.2) is 12.7 Å².